The minimum Gasteiger partial charge on any atom is -0.478 e. The summed E-state index contributed by atoms with van der Waals surface area (Å²) >= 11 is 5.69. The maximum Gasteiger partial charge on any atom is 0.213 e. The topological polar surface area (TPSA) is 25.4 Å². The number of ether oxygens (including phenoxy) is 1. The fourth-order valence-corrected chi connectivity index (χ4v) is 1.12. The van der Waals surface area contributed by atoms with Crippen molar-refractivity contribution >= 4 is 11.6 Å². The van der Waals surface area contributed by atoms with Crippen LogP contribution in [0.1, 0.15) is 6.42 Å². The molecule has 14 heavy (non-hydrogen) atoms. The molecule has 1 aromatic heterocycles. The van der Waals surface area contributed by atoms with Gasteiger partial charge < -0.3 is 9.64 Å². The molecule has 0 radical (unpaired) electrons. The van der Waals surface area contributed by atoms with Crippen molar-refractivity contribution in [2.75, 3.05) is 27.2 Å². The molecule has 0 spiro atoms. The second-order valence-electron chi connectivity index (χ2n) is 3.32. The van der Waals surface area contributed by atoms with Gasteiger partial charge in [0.05, 0.1) is 11.6 Å². The third kappa shape index (κ3) is 4.44. The van der Waals surface area contributed by atoms with Crippen molar-refractivity contribution in [1.29, 1.82) is 0 Å². The predicted molar refractivity (Wildman–Crippen MR) is 57.9 cm³/mol. The Morgan fingerprint density at radius 2 is 2.21 bits per heavy atom. The Kier molecular flexibility index (Phi) is 4.70. The number of rotatable bonds is 5. The van der Waals surface area contributed by atoms with Crippen molar-refractivity contribution in [1.82, 2.24) is 9.88 Å². The quantitative estimate of drug-likeness (QED) is 0.702. The lowest BCUT2D eigenvalue weighted by molar-refractivity contribution is 0.273. The molecular weight excluding hydrogens is 200 g/mol. The van der Waals surface area contributed by atoms with E-state index in [0.717, 1.165) is 13.0 Å². The lowest BCUT2D eigenvalue weighted by atomic mass is 10.4. The Morgan fingerprint density at radius 1 is 1.43 bits per heavy atom. The van der Waals surface area contributed by atoms with Crippen LogP contribution in [-0.2, 0) is 0 Å². The van der Waals surface area contributed by atoms with E-state index in [1.54, 1.807) is 18.3 Å². The van der Waals surface area contributed by atoms with Crippen LogP contribution in [0.25, 0.3) is 0 Å². The molecule has 3 nitrogen and oxygen atoms in total. The second-order valence-corrected chi connectivity index (χ2v) is 3.76. The first kappa shape index (κ1) is 11.3. The lowest BCUT2D eigenvalue weighted by Gasteiger charge is -2.09. The van der Waals surface area contributed by atoms with Gasteiger partial charge in [0.15, 0.2) is 0 Å². The smallest absolute Gasteiger partial charge is 0.213 e. The summed E-state index contributed by atoms with van der Waals surface area (Å²) in [5.74, 6) is 0.633. The van der Waals surface area contributed by atoms with Crippen LogP contribution in [-0.4, -0.2) is 37.1 Å². The van der Waals surface area contributed by atoms with Gasteiger partial charge in [0.2, 0.25) is 5.88 Å². The standard InChI is InChI=1S/C10H15ClN2O/c1-13(2)6-3-7-14-10-5-4-9(11)8-12-10/h4-5,8H,3,6-7H2,1-2H3. The number of pyridine rings is 1. The summed E-state index contributed by atoms with van der Waals surface area (Å²) in [4.78, 5) is 6.15. The number of aromatic nitrogens is 1. The van der Waals surface area contributed by atoms with Crippen molar-refractivity contribution in [2.45, 2.75) is 6.42 Å². The van der Waals surface area contributed by atoms with E-state index in [1.807, 2.05) is 14.1 Å². The highest BCUT2D eigenvalue weighted by Crippen LogP contribution is 2.11. The molecule has 1 heterocycles. The van der Waals surface area contributed by atoms with Crippen molar-refractivity contribution in [3.63, 3.8) is 0 Å². The van der Waals surface area contributed by atoms with E-state index in [9.17, 15) is 0 Å². The molecule has 78 valence electrons. The number of nitrogens with zero attached hydrogens (tertiary/aromatic N) is 2. The van der Waals surface area contributed by atoms with Crippen LogP contribution in [0.4, 0.5) is 0 Å². The van der Waals surface area contributed by atoms with Gasteiger partial charge in [-0.05, 0) is 26.6 Å². The van der Waals surface area contributed by atoms with Gasteiger partial charge in [-0.25, -0.2) is 4.98 Å². The highest BCUT2D eigenvalue weighted by molar-refractivity contribution is 6.30. The SMILES string of the molecule is CN(C)CCCOc1ccc(Cl)cn1. The van der Waals surface area contributed by atoms with Gasteiger partial charge >= 0.3 is 0 Å². The molecule has 0 aromatic carbocycles. The van der Waals surface area contributed by atoms with Gasteiger partial charge in [-0.1, -0.05) is 11.6 Å². The molecular formula is C10H15ClN2O. The summed E-state index contributed by atoms with van der Waals surface area (Å²) in [6.07, 6.45) is 2.58. The number of hydrogen-bond acceptors (Lipinski definition) is 3. The monoisotopic (exact) mass is 214 g/mol. The van der Waals surface area contributed by atoms with E-state index >= 15 is 0 Å². The molecule has 1 aromatic rings. The van der Waals surface area contributed by atoms with Crippen LogP contribution < -0.4 is 4.74 Å². The maximum atomic E-state index is 5.69. The van der Waals surface area contributed by atoms with E-state index in [4.69, 9.17) is 16.3 Å². The van der Waals surface area contributed by atoms with Gasteiger partial charge in [-0.3, -0.25) is 0 Å². The number of halogens is 1. The summed E-state index contributed by atoms with van der Waals surface area (Å²) in [6.45, 7) is 1.71. The van der Waals surface area contributed by atoms with Gasteiger partial charge in [-0.15, -0.1) is 0 Å². The molecule has 0 aliphatic carbocycles. The first-order valence-corrected chi connectivity index (χ1v) is 4.95. The van der Waals surface area contributed by atoms with E-state index in [1.165, 1.54) is 0 Å². The average molecular weight is 215 g/mol. The highest BCUT2D eigenvalue weighted by atomic mass is 35.5. The Labute approximate surface area is 89.7 Å². The van der Waals surface area contributed by atoms with Gasteiger partial charge in [0.25, 0.3) is 0 Å². The van der Waals surface area contributed by atoms with Crippen LogP contribution in [0.3, 0.4) is 0 Å². The third-order valence-corrected chi connectivity index (χ3v) is 1.92. The zero-order valence-electron chi connectivity index (χ0n) is 8.53. The zero-order valence-corrected chi connectivity index (χ0v) is 9.29. The Balaban J connectivity index is 2.21. The Hall–Kier alpha value is -0.800. The molecule has 0 fully saturated rings. The Morgan fingerprint density at radius 3 is 2.79 bits per heavy atom. The fourth-order valence-electron chi connectivity index (χ4n) is 1.01. The summed E-state index contributed by atoms with van der Waals surface area (Å²) in [6, 6.07) is 3.55. The highest BCUT2D eigenvalue weighted by Gasteiger charge is 1.95. The Bertz CT molecular complexity index is 261. The lowest BCUT2D eigenvalue weighted by Crippen LogP contribution is -2.15. The maximum absolute atomic E-state index is 5.69. The number of hydrogen-bond donors (Lipinski definition) is 0. The minimum absolute atomic E-state index is 0.630. The van der Waals surface area contributed by atoms with E-state index < -0.39 is 0 Å². The molecule has 0 bridgehead atoms. The summed E-state index contributed by atoms with van der Waals surface area (Å²) in [7, 11) is 4.08. The molecule has 0 amide bonds. The van der Waals surface area contributed by atoms with Crippen LogP contribution in [0.5, 0.6) is 5.88 Å². The minimum atomic E-state index is 0.630. The summed E-state index contributed by atoms with van der Waals surface area (Å²) < 4.78 is 5.41. The van der Waals surface area contributed by atoms with Gasteiger partial charge in [0.1, 0.15) is 0 Å². The molecule has 0 unspecified atom stereocenters. The largest absolute Gasteiger partial charge is 0.478 e. The molecule has 0 saturated carbocycles. The molecule has 0 aliphatic heterocycles. The average Bonchev–Trinajstić information content (AvgIpc) is 2.15. The second kappa shape index (κ2) is 5.83. The van der Waals surface area contributed by atoms with Crippen LogP contribution in [0.2, 0.25) is 5.02 Å². The van der Waals surface area contributed by atoms with E-state index in [-0.39, 0.29) is 0 Å². The first-order valence-electron chi connectivity index (χ1n) is 4.57. The molecule has 0 atom stereocenters. The first-order chi connectivity index (χ1) is 6.68. The van der Waals surface area contributed by atoms with Crippen molar-refractivity contribution < 1.29 is 4.74 Å². The molecule has 0 aliphatic rings. The van der Waals surface area contributed by atoms with Gasteiger partial charge in [0, 0.05) is 18.8 Å². The van der Waals surface area contributed by atoms with Crippen molar-refractivity contribution in [2.24, 2.45) is 0 Å². The zero-order chi connectivity index (χ0) is 10.4. The molecule has 1 rings (SSSR count). The molecule has 4 heteroatoms. The fraction of sp³-hybridized carbons (Fsp3) is 0.500. The summed E-state index contributed by atoms with van der Waals surface area (Å²) in [5.41, 5.74) is 0. The molecule has 0 N–H and O–H groups in total. The van der Waals surface area contributed by atoms with Crippen LogP contribution >= 0.6 is 11.6 Å². The van der Waals surface area contributed by atoms with Crippen molar-refractivity contribution in [3.8, 4) is 5.88 Å². The predicted octanol–water partition coefficient (Wildman–Crippen LogP) is 2.07. The van der Waals surface area contributed by atoms with Crippen LogP contribution in [0.15, 0.2) is 18.3 Å². The third-order valence-electron chi connectivity index (χ3n) is 1.70. The summed E-state index contributed by atoms with van der Waals surface area (Å²) in [5, 5.41) is 0.630. The van der Waals surface area contributed by atoms with Crippen molar-refractivity contribution in [3.05, 3.63) is 23.4 Å². The normalized spacial score (nSPS) is 10.6. The molecule has 0 saturated heterocycles. The van der Waals surface area contributed by atoms with E-state index in [2.05, 4.69) is 9.88 Å². The van der Waals surface area contributed by atoms with Crippen LogP contribution in [0, 0.1) is 0 Å². The van der Waals surface area contributed by atoms with Gasteiger partial charge in [-0.2, -0.15) is 0 Å². The van der Waals surface area contributed by atoms with E-state index in [0.29, 0.717) is 17.5 Å².